The van der Waals surface area contributed by atoms with E-state index >= 15 is 0 Å². The molecule has 0 aliphatic heterocycles. The van der Waals surface area contributed by atoms with Crippen LogP contribution in [0.1, 0.15) is 17.0 Å². The lowest BCUT2D eigenvalue weighted by molar-refractivity contribution is 0.261. The lowest BCUT2D eigenvalue weighted by Gasteiger charge is -2.13. The van der Waals surface area contributed by atoms with Crippen LogP contribution in [0.2, 0.25) is 0 Å². The van der Waals surface area contributed by atoms with Gasteiger partial charge >= 0.3 is 0 Å². The number of nitrogens with zero attached hydrogens (tertiary/aromatic N) is 3. The standard InChI is InChI=1S/C18H18FN3O/c1-13-8-9-15(10-16(13)19)18-20-17(23-21-18)12-22(2)11-14-6-4-3-5-7-14/h3-10H,11-12H2,1-2H3. The number of hydrogen-bond acceptors (Lipinski definition) is 4. The van der Waals surface area contributed by atoms with Crippen LogP contribution >= 0.6 is 0 Å². The molecule has 0 atom stereocenters. The highest BCUT2D eigenvalue weighted by Crippen LogP contribution is 2.19. The summed E-state index contributed by atoms with van der Waals surface area (Å²) in [5.74, 6) is 0.654. The predicted molar refractivity (Wildman–Crippen MR) is 86.0 cm³/mol. The van der Waals surface area contributed by atoms with Gasteiger partial charge in [0, 0.05) is 12.1 Å². The minimum Gasteiger partial charge on any atom is -0.338 e. The van der Waals surface area contributed by atoms with Crippen LogP contribution in [0.25, 0.3) is 11.4 Å². The van der Waals surface area contributed by atoms with E-state index in [0.717, 1.165) is 6.54 Å². The second-order valence-corrected chi connectivity index (χ2v) is 5.63. The van der Waals surface area contributed by atoms with Crippen LogP contribution in [0, 0.1) is 12.7 Å². The Morgan fingerprint density at radius 1 is 1.09 bits per heavy atom. The molecule has 0 spiro atoms. The maximum Gasteiger partial charge on any atom is 0.241 e. The molecule has 3 rings (SSSR count). The fourth-order valence-corrected chi connectivity index (χ4v) is 2.35. The number of hydrogen-bond donors (Lipinski definition) is 0. The molecule has 4 nitrogen and oxygen atoms in total. The first-order chi connectivity index (χ1) is 11.1. The van der Waals surface area contributed by atoms with Crippen molar-refractivity contribution in [1.29, 1.82) is 0 Å². The van der Waals surface area contributed by atoms with Crippen molar-refractivity contribution in [3.63, 3.8) is 0 Å². The highest BCUT2D eigenvalue weighted by molar-refractivity contribution is 5.54. The third-order valence-corrected chi connectivity index (χ3v) is 3.60. The summed E-state index contributed by atoms with van der Waals surface area (Å²) in [5.41, 5.74) is 2.43. The van der Waals surface area contributed by atoms with Crippen molar-refractivity contribution >= 4 is 0 Å². The second kappa shape index (κ2) is 6.71. The Labute approximate surface area is 134 Å². The highest BCUT2D eigenvalue weighted by Gasteiger charge is 2.12. The molecule has 0 saturated carbocycles. The third-order valence-electron chi connectivity index (χ3n) is 3.60. The Bertz CT molecular complexity index is 786. The Balaban J connectivity index is 1.68. The maximum absolute atomic E-state index is 13.6. The van der Waals surface area contributed by atoms with Crippen molar-refractivity contribution in [3.05, 3.63) is 71.4 Å². The number of aryl methyl sites for hydroxylation is 1. The van der Waals surface area contributed by atoms with Gasteiger partial charge < -0.3 is 4.52 Å². The first-order valence-corrected chi connectivity index (χ1v) is 7.43. The fourth-order valence-electron chi connectivity index (χ4n) is 2.35. The van der Waals surface area contributed by atoms with Crippen LogP contribution in [0.3, 0.4) is 0 Å². The lowest BCUT2D eigenvalue weighted by Crippen LogP contribution is -2.17. The minimum atomic E-state index is -0.268. The molecular formula is C18H18FN3O. The van der Waals surface area contributed by atoms with Gasteiger partial charge in [-0.25, -0.2) is 4.39 Å². The van der Waals surface area contributed by atoms with Crippen molar-refractivity contribution in [2.24, 2.45) is 0 Å². The fraction of sp³-hybridized carbons (Fsp3) is 0.222. The summed E-state index contributed by atoms with van der Waals surface area (Å²) in [6.07, 6.45) is 0. The topological polar surface area (TPSA) is 42.2 Å². The van der Waals surface area contributed by atoms with E-state index in [2.05, 4.69) is 27.2 Å². The van der Waals surface area contributed by atoms with Gasteiger partial charge in [-0.2, -0.15) is 4.98 Å². The van der Waals surface area contributed by atoms with Gasteiger partial charge in [-0.05, 0) is 31.2 Å². The summed E-state index contributed by atoms with van der Waals surface area (Å²) in [6.45, 7) is 3.05. The molecule has 1 heterocycles. The first-order valence-electron chi connectivity index (χ1n) is 7.43. The van der Waals surface area contributed by atoms with Crippen LogP contribution in [0.5, 0.6) is 0 Å². The molecule has 118 valence electrons. The zero-order chi connectivity index (χ0) is 16.2. The third kappa shape index (κ3) is 3.81. The van der Waals surface area contributed by atoms with E-state index in [0.29, 0.717) is 29.4 Å². The summed E-state index contributed by atoms with van der Waals surface area (Å²) in [5, 5.41) is 3.94. The summed E-state index contributed by atoms with van der Waals surface area (Å²) < 4.78 is 18.9. The molecule has 2 aromatic carbocycles. The first kappa shape index (κ1) is 15.4. The molecule has 0 N–H and O–H groups in total. The Morgan fingerprint density at radius 3 is 2.61 bits per heavy atom. The van der Waals surface area contributed by atoms with Crippen LogP contribution in [-0.2, 0) is 13.1 Å². The molecule has 0 saturated heterocycles. The second-order valence-electron chi connectivity index (χ2n) is 5.63. The van der Waals surface area contributed by atoms with E-state index in [1.807, 2.05) is 25.2 Å². The summed E-state index contributed by atoms with van der Waals surface area (Å²) in [4.78, 5) is 6.43. The van der Waals surface area contributed by atoms with Gasteiger partial charge in [0.05, 0.1) is 6.54 Å². The van der Waals surface area contributed by atoms with Crippen molar-refractivity contribution in [2.45, 2.75) is 20.0 Å². The zero-order valence-corrected chi connectivity index (χ0v) is 13.2. The number of halogens is 1. The molecule has 5 heteroatoms. The van der Waals surface area contributed by atoms with Gasteiger partial charge in [-0.3, -0.25) is 4.90 Å². The van der Waals surface area contributed by atoms with Crippen LogP contribution < -0.4 is 0 Å². The van der Waals surface area contributed by atoms with E-state index in [4.69, 9.17) is 4.52 Å². The van der Waals surface area contributed by atoms with Gasteiger partial charge in [-0.15, -0.1) is 0 Å². The van der Waals surface area contributed by atoms with Crippen molar-refractivity contribution < 1.29 is 8.91 Å². The monoisotopic (exact) mass is 311 g/mol. The molecule has 0 aliphatic rings. The Hall–Kier alpha value is -2.53. The molecular weight excluding hydrogens is 293 g/mol. The zero-order valence-electron chi connectivity index (χ0n) is 13.2. The average molecular weight is 311 g/mol. The van der Waals surface area contributed by atoms with Crippen LogP contribution in [-0.4, -0.2) is 22.1 Å². The van der Waals surface area contributed by atoms with E-state index < -0.39 is 0 Å². The van der Waals surface area contributed by atoms with E-state index in [9.17, 15) is 4.39 Å². The quantitative estimate of drug-likeness (QED) is 0.718. The minimum absolute atomic E-state index is 0.268. The van der Waals surface area contributed by atoms with Gasteiger partial charge in [0.25, 0.3) is 0 Å². The predicted octanol–water partition coefficient (Wildman–Crippen LogP) is 3.82. The molecule has 0 bridgehead atoms. The largest absolute Gasteiger partial charge is 0.338 e. The van der Waals surface area contributed by atoms with E-state index in [1.54, 1.807) is 19.1 Å². The number of benzene rings is 2. The molecule has 23 heavy (non-hydrogen) atoms. The number of rotatable bonds is 5. The van der Waals surface area contributed by atoms with E-state index in [1.165, 1.54) is 11.6 Å². The summed E-state index contributed by atoms with van der Waals surface area (Å²) in [7, 11) is 1.99. The lowest BCUT2D eigenvalue weighted by atomic mass is 10.1. The van der Waals surface area contributed by atoms with Crippen LogP contribution in [0.4, 0.5) is 4.39 Å². The van der Waals surface area contributed by atoms with Crippen molar-refractivity contribution in [1.82, 2.24) is 15.0 Å². The van der Waals surface area contributed by atoms with E-state index in [-0.39, 0.29) is 5.82 Å². The SMILES string of the molecule is Cc1ccc(-c2noc(CN(C)Cc3ccccc3)n2)cc1F. The molecule has 0 fully saturated rings. The maximum atomic E-state index is 13.6. The van der Waals surface area contributed by atoms with Crippen molar-refractivity contribution in [3.8, 4) is 11.4 Å². The van der Waals surface area contributed by atoms with Gasteiger partial charge in [0.2, 0.25) is 11.7 Å². The molecule has 0 radical (unpaired) electrons. The molecule has 1 aromatic heterocycles. The van der Waals surface area contributed by atoms with Crippen LogP contribution in [0.15, 0.2) is 53.1 Å². The average Bonchev–Trinajstić information content (AvgIpc) is 2.99. The molecule has 0 aliphatic carbocycles. The Morgan fingerprint density at radius 2 is 1.87 bits per heavy atom. The van der Waals surface area contributed by atoms with Gasteiger partial charge in [0.15, 0.2) is 0 Å². The molecule has 0 amide bonds. The molecule has 0 unspecified atom stereocenters. The van der Waals surface area contributed by atoms with Gasteiger partial charge in [-0.1, -0.05) is 47.6 Å². The summed E-state index contributed by atoms with van der Waals surface area (Å²) >= 11 is 0. The highest BCUT2D eigenvalue weighted by atomic mass is 19.1. The normalized spacial score (nSPS) is 11.1. The summed E-state index contributed by atoms with van der Waals surface area (Å²) in [6, 6.07) is 15.1. The molecule has 3 aromatic rings. The number of aromatic nitrogens is 2. The van der Waals surface area contributed by atoms with Gasteiger partial charge in [0.1, 0.15) is 5.82 Å². The van der Waals surface area contributed by atoms with Crippen molar-refractivity contribution in [2.75, 3.05) is 7.05 Å². The Kier molecular flexibility index (Phi) is 4.48. The smallest absolute Gasteiger partial charge is 0.241 e.